The zero-order valence-electron chi connectivity index (χ0n) is 15.3. The van der Waals surface area contributed by atoms with Crippen molar-refractivity contribution in [1.82, 2.24) is 0 Å². The van der Waals surface area contributed by atoms with Crippen LogP contribution in [0.3, 0.4) is 0 Å². The molecule has 0 aliphatic rings. The minimum absolute atomic E-state index is 0.303. The molecule has 0 aliphatic heterocycles. The highest BCUT2D eigenvalue weighted by Gasteiger charge is 2.39. The van der Waals surface area contributed by atoms with Crippen LogP contribution in [0.25, 0.3) is 0 Å². The van der Waals surface area contributed by atoms with Gasteiger partial charge in [-0.3, -0.25) is 9.59 Å². The van der Waals surface area contributed by atoms with E-state index >= 15 is 0 Å². The Balaban J connectivity index is 2.29. The number of carbonyl (C=O) groups excluding carboxylic acids is 2. The molecule has 0 N–H and O–H groups in total. The number of aryl methyl sites for hydroxylation is 1. The molecule has 0 spiro atoms. The topological polar surface area (TPSA) is 52.6 Å². The van der Waals surface area contributed by atoms with E-state index in [1.807, 2.05) is 30.3 Å². The van der Waals surface area contributed by atoms with Crippen LogP contribution in [-0.2, 0) is 25.5 Å². The van der Waals surface area contributed by atoms with Crippen molar-refractivity contribution in [2.75, 3.05) is 13.2 Å². The molecule has 0 unspecified atom stereocenters. The van der Waals surface area contributed by atoms with Crippen molar-refractivity contribution in [2.45, 2.75) is 53.4 Å². The van der Waals surface area contributed by atoms with Crippen LogP contribution in [0.5, 0.6) is 0 Å². The zero-order valence-corrected chi connectivity index (χ0v) is 15.3. The van der Waals surface area contributed by atoms with Crippen molar-refractivity contribution in [3.8, 4) is 0 Å². The zero-order chi connectivity index (χ0) is 18.0. The van der Waals surface area contributed by atoms with Gasteiger partial charge >= 0.3 is 11.9 Å². The molecule has 0 aromatic heterocycles. The molecule has 0 saturated carbocycles. The van der Waals surface area contributed by atoms with Gasteiger partial charge in [0.25, 0.3) is 0 Å². The molecule has 0 amide bonds. The number of benzene rings is 1. The van der Waals surface area contributed by atoms with E-state index in [-0.39, 0.29) is 0 Å². The molecule has 0 atom stereocenters. The van der Waals surface area contributed by atoms with Gasteiger partial charge < -0.3 is 9.47 Å². The molecule has 1 aromatic carbocycles. The molecule has 0 aliphatic carbocycles. The Labute approximate surface area is 145 Å². The Hall–Kier alpha value is -1.84. The van der Waals surface area contributed by atoms with Gasteiger partial charge in [0, 0.05) is 0 Å². The van der Waals surface area contributed by atoms with Crippen LogP contribution < -0.4 is 0 Å². The molecular formula is C20H30O4. The molecule has 134 valence electrons. The largest absolute Gasteiger partial charge is 0.465 e. The van der Waals surface area contributed by atoms with E-state index in [0.29, 0.717) is 19.1 Å². The fourth-order valence-electron chi connectivity index (χ4n) is 2.19. The Morgan fingerprint density at radius 1 is 0.958 bits per heavy atom. The van der Waals surface area contributed by atoms with Gasteiger partial charge in [-0.2, -0.15) is 0 Å². The average molecular weight is 334 g/mol. The maximum Gasteiger partial charge on any atom is 0.322 e. The normalized spacial score (nSPS) is 11.4. The Morgan fingerprint density at radius 3 is 2.04 bits per heavy atom. The number of ether oxygens (including phenoxy) is 2. The van der Waals surface area contributed by atoms with Gasteiger partial charge in [-0.25, -0.2) is 0 Å². The Morgan fingerprint density at radius 2 is 1.50 bits per heavy atom. The van der Waals surface area contributed by atoms with Crippen molar-refractivity contribution in [3.05, 3.63) is 35.9 Å². The standard InChI is InChI=1S/C20H30O4/c1-16(2)10-8-14-23-18(21)20(3,4)19(22)24-15-9-13-17-11-6-5-7-12-17/h5-7,11-12,16H,8-10,13-15H2,1-4H3. The Kier molecular flexibility index (Phi) is 8.51. The monoisotopic (exact) mass is 334 g/mol. The molecule has 4 nitrogen and oxygen atoms in total. The molecule has 1 rings (SSSR count). The van der Waals surface area contributed by atoms with Gasteiger partial charge in [0.2, 0.25) is 0 Å². The minimum Gasteiger partial charge on any atom is -0.465 e. The van der Waals surface area contributed by atoms with E-state index in [9.17, 15) is 9.59 Å². The first-order chi connectivity index (χ1) is 11.3. The molecule has 0 saturated heterocycles. The second-order valence-corrected chi connectivity index (χ2v) is 7.02. The number of hydrogen-bond acceptors (Lipinski definition) is 4. The van der Waals surface area contributed by atoms with E-state index in [1.54, 1.807) is 13.8 Å². The van der Waals surface area contributed by atoms with Crippen LogP contribution in [-0.4, -0.2) is 25.2 Å². The van der Waals surface area contributed by atoms with E-state index in [0.717, 1.165) is 25.7 Å². The van der Waals surface area contributed by atoms with Gasteiger partial charge in [0.15, 0.2) is 5.41 Å². The predicted molar refractivity (Wildman–Crippen MR) is 94.5 cm³/mol. The summed E-state index contributed by atoms with van der Waals surface area (Å²) in [6.07, 6.45) is 3.38. The SMILES string of the molecule is CC(C)CCCOC(=O)C(C)(C)C(=O)OCCCc1ccccc1. The van der Waals surface area contributed by atoms with Crippen LogP contribution in [0.15, 0.2) is 30.3 Å². The number of esters is 2. The van der Waals surface area contributed by atoms with Gasteiger partial charge in [0.1, 0.15) is 0 Å². The lowest BCUT2D eigenvalue weighted by Gasteiger charge is -2.21. The second-order valence-electron chi connectivity index (χ2n) is 7.02. The highest BCUT2D eigenvalue weighted by molar-refractivity contribution is 5.99. The lowest BCUT2D eigenvalue weighted by atomic mass is 9.94. The van der Waals surface area contributed by atoms with Crippen molar-refractivity contribution in [1.29, 1.82) is 0 Å². The third-order valence-corrected chi connectivity index (χ3v) is 3.87. The number of hydrogen-bond donors (Lipinski definition) is 0. The third-order valence-electron chi connectivity index (χ3n) is 3.87. The summed E-state index contributed by atoms with van der Waals surface area (Å²) in [5, 5.41) is 0. The summed E-state index contributed by atoms with van der Waals surface area (Å²) >= 11 is 0. The lowest BCUT2D eigenvalue weighted by Crippen LogP contribution is -2.37. The van der Waals surface area contributed by atoms with Crippen LogP contribution >= 0.6 is 0 Å². The summed E-state index contributed by atoms with van der Waals surface area (Å²) in [5.74, 6) is -0.463. The summed E-state index contributed by atoms with van der Waals surface area (Å²) in [6, 6.07) is 10.0. The first kappa shape index (κ1) is 20.2. The minimum atomic E-state index is -1.26. The summed E-state index contributed by atoms with van der Waals surface area (Å²) in [4.78, 5) is 24.2. The summed E-state index contributed by atoms with van der Waals surface area (Å²) in [6.45, 7) is 8.01. The number of rotatable bonds is 10. The summed E-state index contributed by atoms with van der Waals surface area (Å²) in [7, 11) is 0. The molecule has 0 bridgehead atoms. The van der Waals surface area contributed by atoms with Gasteiger partial charge in [0.05, 0.1) is 13.2 Å². The molecule has 0 radical (unpaired) electrons. The summed E-state index contributed by atoms with van der Waals surface area (Å²) < 4.78 is 10.5. The summed E-state index contributed by atoms with van der Waals surface area (Å²) in [5.41, 5.74) is -0.0534. The third kappa shape index (κ3) is 7.16. The van der Waals surface area contributed by atoms with E-state index in [2.05, 4.69) is 13.8 Å². The second kappa shape index (κ2) is 10.1. The number of carbonyl (C=O) groups is 2. The molecule has 0 fully saturated rings. The van der Waals surface area contributed by atoms with Crippen molar-refractivity contribution in [2.24, 2.45) is 11.3 Å². The fourth-order valence-corrected chi connectivity index (χ4v) is 2.19. The van der Waals surface area contributed by atoms with Crippen LogP contribution in [0.4, 0.5) is 0 Å². The average Bonchev–Trinajstić information content (AvgIpc) is 2.55. The van der Waals surface area contributed by atoms with Crippen LogP contribution in [0.2, 0.25) is 0 Å². The molecular weight excluding hydrogens is 304 g/mol. The first-order valence-electron chi connectivity index (χ1n) is 8.72. The van der Waals surface area contributed by atoms with E-state index < -0.39 is 17.4 Å². The first-order valence-corrected chi connectivity index (χ1v) is 8.72. The van der Waals surface area contributed by atoms with E-state index in [4.69, 9.17) is 9.47 Å². The lowest BCUT2D eigenvalue weighted by molar-refractivity contribution is -0.170. The smallest absolute Gasteiger partial charge is 0.322 e. The quantitative estimate of drug-likeness (QED) is 0.366. The van der Waals surface area contributed by atoms with Crippen LogP contribution in [0.1, 0.15) is 52.5 Å². The highest BCUT2D eigenvalue weighted by atomic mass is 16.6. The highest BCUT2D eigenvalue weighted by Crippen LogP contribution is 2.20. The van der Waals surface area contributed by atoms with Gasteiger partial charge in [-0.05, 0) is 51.0 Å². The van der Waals surface area contributed by atoms with Crippen molar-refractivity contribution in [3.63, 3.8) is 0 Å². The van der Waals surface area contributed by atoms with Gasteiger partial charge in [-0.15, -0.1) is 0 Å². The molecule has 1 aromatic rings. The van der Waals surface area contributed by atoms with Gasteiger partial charge in [-0.1, -0.05) is 44.2 Å². The molecule has 24 heavy (non-hydrogen) atoms. The van der Waals surface area contributed by atoms with Crippen molar-refractivity contribution < 1.29 is 19.1 Å². The maximum absolute atomic E-state index is 12.1. The molecule has 0 heterocycles. The van der Waals surface area contributed by atoms with E-state index in [1.165, 1.54) is 5.56 Å². The van der Waals surface area contributed by atoms with Crippen molar-refractivity contribution >= 4 is 11.9 Å². The Bertz CT molecular complexity index is 506. The van der Waals surface area contributed by atoms with Crippen LogP contribution in [0, 0.1) is 11.3 Å². The fraction of sp³-hybridized carbons (Fsp3) is 0.600. The predicted octanol–water partition coefficient (Wildman–Crippen LogP) is 4.17. The molecule has 4 heteroatoms. The maximum atomic E-state index is 12.1.